The Hall–Kier alpha value is -3.77. The van der Waals surface area contributed by atoms with E-state index in [1.807, 2.05) is 0 Å². The van der Waals surface area contributed by atoms with E-state index in [4.69, 9.17) is 0 Å². The minimum atomic E-state index is -4.50. The highest BCUT2D eigenvalue weighted by atomic mass is 19.4. The monoisotopic (exact) mass is 479 g/mol. The molecule has 0 radical (unpaired) electrons. The quantitative estimate of drug-likeness (QED) is 0.414. The molecule has 0 unspecified atom stereocenters. The van der Waals surface area contributed by atoms with E-state index >= 15 is 0 Å². The van der Waals surface area contributed by atoms with Crippen molar-refractivity contribution < 1.29 is 27.2 Å². The maximum absolute atomic E-state index is 14.6. The number of halogens is 4. The number of anilines is 2. The predicted octanol–water partition coefficient (Wildman–Crippen LogP) is 2.68. The molecule has 3 aromatic rings. The summed E-state index contributed by atoms with van der Waals surface area (Å²) in [5, 5.41) is 6.97. The summed E-state index contributed by atoms with van der Waals surface area (Å²) < 4.78 is 53.8. The second-order valence-electron chi connectivity index (χ2n) is 7.72. The molecule has 1 aromatic carbocycles. The first-order valence-corrected chi connectivity index (χ1v) is 10.5. The number of carbonyl (C=O) groups is 2. The van der Waals surface area contributed by atoms with E-state index in [2.05, 4.69) is 20.4 Å². The predicted molar refractivity (Wildman–Crippen MR) is 114 cm³/mol. The molecule has 0 atom stereocenters. The van der Waals surface area contributed by atoms with Gasteiger partial charge in [-0.3, -0.25) is 9.59 Å². The first-order chi connectivity index (χ1) is 16.3. The minimum absolute atomic E-state index is 0.103. The summed E-state index contributed by atoms with van der Waals surface area (Å²) in [7, 11) is 0. The van der Waals surface area contributed by atoms with Gasteiger partial charge in [-0.25, -0.2) is 14.6 Å². The van der Waals surface area contributed by atoms with Crippen molar-refractivity contribution in [1.29, 1.82) is 0 Å². The van der Waals surface area contributed by atoms with E-state index in [9.17, 15) is 27.2 Å². The molecule has 13 heteroatoms. The molecule has 34 heavy (non-hydrogen) atoms. The first-order valence-electron chi connectivity index (χ1n) is 10.5. The molecule has 0 aliphatic carbocycles. The molecule has 3 heterocycles. The molecule has 0 saturated carbocycles. The van der Waals surface area contributed by atoms with Crippen molar-refractivity contribution in [3.63, 3.8) is 0 Å². The van der Waals surface area contributed by atoms with Crippen LogP contribution in [0.4, 0.5) is 29.2 Å². The van der Waals surface area contributed by atoms with Crippen LogP contribution in [-0.4, -0.2) is 63.1 Å². The van der Waals surface area contributed by atoms with Crippen molar-refractivity contribution >= 4 is 34.9 Å². The molecule has 1 N–H and O–H groups in total. The standard InChI is InChI=1S/C21H21F4N7O2/c22-19-15-3-1-4-16(28-13-33)18(15)29-32(19)6-2-5-17(34)30-7-9-31(10-8-30)20-26-11-14(12-27-20)21(23,24)25/h1,3-4,11-13H,2,5-10H2,(H,28,33). The number of alkyl halides is 3. The van der Waals surface area contributed by atoms with Gasteiger partial charge in [0.2, 0.25) is 24.2 Å². The Balaban J connectivity index is 1.28. The molecular weight excluding hydrogens is 458 g/mol. The van der Waals surface area contributed by atoms with Crippen molar-refractivity contribution in [3.05, 3.63) is 42.1 Å². The molecule has 0 spiro atoms. The van der Waals surface area contributed by atoms with E-state index in [1.54, 1.807) is 28.0 Å². The van der Waals surface area contributed by atoms with Crippen LogP contribution in [0, 0.1) is 5.95 Å². The summed E-state index contributed by atoms with van der Waals surface area (Å²) in [6.07, 6.45) is -1.96. The van der Waals surface area contributed by atoms with Crippen LogP contribution in [0.5, 0.6) is 0 Å². The number of carbonyl (C=O) groups excluding carboxylic acids is 2. The van der Waals surface area contributed by atoms with E-state index in [0.29, 0.717) is 50.2 Å². The zero-order chi connectivity index (χ0) is 24.3. The third-order valence-electron chi connectivity index (χ3n) is 5.56. The van der Waals surface area contributed by atoms with E-state index in [-0.39, 0.29) is 30.2 Å². The molecule has 1 saturated heterocycles. The molecule has 2 aromatic heterocycles. The number of amides is 2. The zero-order valence-electron chi connectivity index (χ0n) is 17.9. The van der Waals surface area contributed by atoms with Crippen LogP contribution < -0.4 is 10.2 Å². The van der Waals surface area contributed by atoms with Crippen LogP contribution >= 0.6 is 0 Å². The maximum Gasteiger partial charge on any atom is 0.419 e. The largest absolute Gasteiger partial charge is 0.419 e. The van der Waals surface area contributed by atoms with Gasteiger partial charge >= 0.3 is 6.18 Å². The Labute approximate surface area is 191 Å². The topological polar surface area (TPSA) is 96.2 Å². The number of piperazine rings is 1. The van der Waals surface area contributed by atoms with Gasteiger partial charge in [-0.2, -0.15) is 22.7 Å². The highest BCUT2D eigenvalue weighted by Crippen LogP contribution is 2.28. The molecule has 9 nitrogen and oxygen atoms in total. The fourth-order valence-corrected chi connectivity index (χ4v) is 3.77. The second-order valence-corrected chi connectivity index (χ2v) is 7.72. The lowest BCUT2D eigenvalue weighted by molar-refractivity contribution is -0.138. The van der Waals surface area contributed by atoms with Crippen LogP contribution in [0.3, 0.4) is 0 Å². The van der Waals surface area contributed by atoms with Crippen molar-refractivity contribution in [3.8, 4) is 0 Å². The van der Waals surface area contributed by atoms with Crippen LogP contribution in [0.15, 0.2) is 30.6 Å². The van der Waals surface area contributed by atoms with Crippen LogP contribution in [0.1, 0.15) is 18.4 Å². The number of benzene rings is 1. The van der Waals surface area contributed by atoms with Gasteiger partial charge in [-0.1, -0.05) is 6.07 Å². The Morgan fingerprint density at radius 3 is 2.47 bits per heavy atom. The van der Waals surface area contributed by atoms with Gasteiger partial charge in [0.1, 0.15) is 5.52 Å². The molecule has 4 rings (SSSR count). The summed E-state index contributed by atoms with van der Waals surface area (Å²) in [6, 6.07) is 4.80. The Kier molecular flexibility index (Phi) is 6.61. The van der Waals surface area contributed by atoms with E-state index in [1.165, 1.54) is 4.68 Å². The van der Waals surface area contributed by atoms with Gasteiger partial charge in [0.15, 0.2) is 0 Å². The second kappa shape index (κ2) is 9.61. The van der Waals surface area contributed by atoms with Gasteiger partial charge in [-0.15, -0.1) is 0 Å². The number of aryl methyl sites for hydroxylation is 1. The highest BCUT2D eigenvalue weighted by Gasteiger charge is 2.32. The molecule has 0 bridgehead atoms. The summed E-state index contributed by atoms with van der Waals surface area (Å²) in [5.74, 6) is -0.458. The summed E-state index contributed by atoms with van der Waals surface area (Å²) in [6.45, 7) is 1.73. The fraction of sp³-hybridized carbons (Fsp3) is 0.381. The normalized spacial score (nSPS) is 14.5. The summed E-state index contributed by atoms with van der Waals surface area (Å²) >= 11 is 0. The summed E-state index contributed by atoms with van der Waals surface area (Å²) in [4.78, 5) is 34.2. The van der Waals surface area contributed by atoms with Crippen molar-refractivity contribution in [2.75, 3.05) is 36.4 Å². The van der Waals surface area contributed by atoms with Gasteiger partial charge in [-0.05, 0) is 18.6 Å². The van der Waals surface area contributed by atoms with Gasteiger partial charge in [0.05, 0.1) is 16.6 Å². The number of nitrogens with zero attached hydrogens (tertiary/aromatic N) is 6. The third kappa shape index (κ3) is 4.92. The van der Waals surface area contributed by atoms with Crippen molar-refractivity contribution in [1.82, 2.24) is 24.6 Å². The van der Waals surface area contributed by atoms with Crippen LogP contribution in [0.25, 0.3) is 10.9 Å². The van der Waals surface area contributed by atoms with Gasteiger partial charge in [0, 0.05) is 51.5 Å². The third-order valence-corrected chi connectivity index (χ3v) is 5.56. The molecule has 2 amide bonds. The number of fused-ring (bicyclic) bond motifs is 1. The van der Waals surface area contributed by atoms with E-state index in [0.717, 1.165) is 12.4 Å². The first kappa shape index (κ1) is 23.4. The van der Waals surface area contributed by atoms with Crippen molar-refractivity contribution in [2.24, 2.45) is 0 Å². The molecule has 1 aliphatic rings. The van der Waals surface area contributed by atoms with Crippen molar-refractivity contribution in [2.45, 2.75) is 25.6 Å². The SMILES string of the molecule is O=CNc1cccc2c(F)n(CCCC(=O)N3CCN(c4ncc(C(F)(F)F)cn4)CC3)nc12. The molecular formula is C21H21F4N7O2. The lowest BCUT2D eigenvalue weighted by atomic mass is 10.2. The molecule has 1 aliphatic heterocycles. The molecule has 180 valence electrons. The van der Waals surface area contributed by atoms with Crippen LogP contribution in [-0.2, 0) is 22.3 Å². The smallest absolute Gasteiger partial charge is 0.339 e. The lowest BCUT2D eigenvalue weighted by Crippen LogP contribution is -2.49. The Morgan fingerprint density at radius 1 is 1.12 bits per heavy atom. The van der Waals surface area contributed by atoms with Crippen LogP contribution in [0.2, 0.25) is 0 Å². The average Bonchev–Trinajstić information content (AvgIpc) is 3.15. The maximum atomic E-state index is 14.6. The minimum Gasteiger partial charge on any atom is -0.339 e. The van der Waals surface area contributed by atoms with E-state index < -0.39 is 17.7 Å². The summed E-state index contributed by atoms with van der Waals surface area (Å²) in [5.41, 5.74) is -0.182. The van der Waals surface area contributed by atoms with Gasteiger partial charge < -0.3 is 15.1 Å². The Morgan fingerprint density at radius 2 is 1.82 bits per heavy atom. The zero-order valence-corrected chi connectivity index (χ0v) is 17.9. The fourth-order valence-electron chi connectivity index (χ4n) is 3.77. The number of aromatic nitrogens is 4. The number of rotatable bonds is 7. The number of hydrogen-bond donors (Lipinski definition) is 1. The number of hydrogen-bond acceptors (Lipinski definition) is 6. The molecule has 1 fully saturated rings. The highest BCUT2D eigenvalue weighted by molar-refractivity contribution is 5.94. The van der Waals surface area contributed by atoms with Gasteiger partial charge in [0.25, 0.3) is 0 Å². The Bertz CT molecular complexity index is 1170. The number of nitrogens with one attached hydrogen (secondary N) is 1. The lowest BCUT2D eigenvalue weighted by Gasteiger charge is -2.34. The average molecular weight is 479 g/mol.